The smallest absolute Gasteiger partial charge is 0.239 e. The summed E-state index contributed by atoms with van der Waals surface area (Å²) in [6.45, 7) is 2.08. The zero-order valence-corrected chi connectivity index (χ0v) is 9.59. The number of nitrogens with one attached hydrogen (secondary N) is 2. The first-order valence-corrected chi connectivity index (χ1v) is 5.41. The van der Waals surface area contributed by atoms with E-state index >= 15 is 0 Å². The van der Waals surface area contributed by atoms with Crippen LogP contribution < -0.4 is 16.6 Å². The van der Waals surface area contributed by atoms with Gasteiger partial charge in [-0.3, -0.25) is 5.43 Å². The van der Waals surface area contributed by atoms with Crippen LogP contribution in [0.25, 0.3) is 0 Å². The first-order valence-electron chi connectivity index (χ1n) is 5.41. The molecule has 2 aromatic rings. The number of nitrogen functional groups attached to an aromatic ring is 1. The molecule has 0 aliphatic rings. The second-order valence-corrected chi connectivity index (χ2v) is 3.69. The Bertz CT molecular complexity index is 471. The minimum atomic E-state index is 0.178. The Labute approximate surface area is 100 Å². The number of aromatic nitrogens is 2. The van der Waals surface area contributed by atoms with Crippen molar-refractivity contribution < 1.29 is 0 Å². The van der Waals surface area contributed by atoms with Crippen molar-refractivity contribution in [2.75, 3.05) is 10.7 Å². The van der Waals surface area contributed by atoms with Gasteiger partial charge in [-0.25, -0.2) is 10.8 Å². The maximum atomic E-state index is 5.26. The van der Waals surface area contributed by atoms with Crippen molar-refractivity contribution in [2.24, 2.45) is 5.84 Å². The van der Waals surface area contributed by atoms with E-state index in [1.807, 2.05) is 18.2 Å². The number of hydrogen-bond donors (Lipinski definition) is 3. The Morgan fingerprint density at radius 2 is 1.94 bits per heavy atom. The highest BCUT2D eigenvalue weighted by Crippen LogP contribution is 2.17. The average Bonchev–Trinajstić information content (AvgIpc) is 2.40. The van der Waals surface area contributed by atoms with Crippen LogP contribution in [0.5, 0.6) is 0 Å². The molecule has 1 heterocycles. The summed E-state index contributed by atoms with van der Waals surface area (Å²) in [6.07, 6.45) is 1.66. The lowest BCUT2D eigenvalue weighted by molar-refractivity contribution is 0.872. The largest absolute Gasteiger partial charge is 0.363 e. The van der Waals surface area contributed by atoms with E-state index in [0.717, 1.165) is 5.82 Å². The fourth-order valence-electron chi connectivity index (χ4n) is 1.56. The summed E-state index contributed by atoms with van der Waals surface area (Å²) in [5.74, 6) is 6.40. The van der Waals surface area contributed by atoms with Gasteiger partial charge in [0, 0.05) is 12.2 Å². The molecule has 0 amide bonds. The van der Waals surface area contributed by atoms with E-state index in [0.29, 0.717) is 5.95 Å². The molecule has 1 aromatic heterocycles. The molecule has 0 bridgehead atoms. The van der Waals surface area contributed by atoms with E-state index in [-0.39, 0.29) is 6.04 Å². The molecular formula is C12H15N5. The van der Waals surface area contributed by atoms with Crippen molar-refractivity contribution in [2.45, 2.75) is 13.0 Å². The molecule has 0 saturated carbocycles. The number of rotatable bonds is 4. The summed E-state index contributed by atoms with van der Waals surface area (Å²) in [7, 11) is 0. The zero-order chi connectivity index (χ0) is 12.1. The molecule has 0 fully saturated rings. The molecule has 0 saturated heterocycles. The van der Waals surface area contributed by atoms with Gasteiger partial charge in [0.15, 0.2) is 0 Å². The van der Waals surface area contributed by atoms with Crippen LogP contribution in [-0.4, -0.2) is 9.97 Å². The second-order valence-electron chi connectivity index (χ2n) is 3.69. The van der Waals surface area contributed by atoms with Crippen LogP contribution in [0, 0.1) is 0 Å². The highest BCUT2D eigenvalue weighted by Gasteiger charge is 2.05. The number of nitrogens with zero attached hydrogens (tertiary/aromatic N) is 2. The van der Waals surface area contributed by atoms with Gasteiger partial charge in [-0.15, -0.1) is 0 Å². The first-order chi connectivity index (χ1) is 8.29. The third-order valence-corrected chi connectivity index (χ3v) is 2.45. The van der Waals surface area contributed by atoms with E-state index in [1.54, 1.807) is 12.3 Å². The molecule has 0 aliphatic heterocycles. The Kier molecular flexibility index (Phi) is 3.52. The number of hydrogen-bond acceptors (Lipinski definition) is 5. The average molecular weight is 229 g/mol. The molecule has 0 radical (unpaired) electrons. The van der Waals surface area contributed by atoms with Crippen LogP contribution in [0.1, 0.15) is 18.5 Å². The molecule has 1 unspecified atom stereocenters. The number of anilines is 2. The Hall–Kier alpha value is -2.14. The Morgan fingerprint density at radius 3 is 2.65 bits per heavy atom. The highest BCUT2D eigenvalue weighted by atomic mass is 15.3. The standard InChI is InChI=1S/C12H15N5/c1-9(10-5-3-2-4-6-10)15-11-7-8-14-12(16-11)17-13/h2-9H,13H2,1H3,(H2,14,15,16,17). The normalized spacial score (nSPS) is 11.9. The fourth-order valence-corrected chi connectivity index (χ4v) is 1.56. The molecule has 5 nitrogen and oxygen atoms in total. The fraction of sp³-hybridized carbons (Fsp3) is 0.167. The first kappa shape index (κ1) is 11.3. The summed E-state index contributed by atoms with van der Waals surface area (Å²) in [4.78, 5) is 8.15. The van der Waals surface area contributed by atoms with Gasteiger partial charge in [-0.2, -0.15) is 4.98 Å². The summed E-state index contributed by atoms with van der Waals surface area (Å²) in [5, 5.41) is 3.29. The zero-order valence-electron chi connectivity index (χ0n) is 9.59. The van der Waals surface area contributed by atoms with Crippen molar-refractivity contribution in [3.63, 3.8) is 0 Å². The van der Waals surface area contributed by atoms with E-state index < -0.39 is 0 Å². The maximum Gasteiger partial charge on any atom is 0.239 e. The van der Waals surface area contributed by atoms with Gasteiger partial charge in [-0.1, -0.05) is 30.3 Å². The van der Waals surface area contributed by atoms with Crippen LogP contribution in [-0.2, 0) is 0 Å². The Balaban J connectivity index is 2.10. The van der Waals surface area contributed by atoms with E-state index in [4.69, 9.17) is 5.84 Å². The molecule has 4 N–H and O–H groups in total. The molecular weight excluding hydrogens is 214 g/mol. The van der Waals surface area contributed by atoms with Crippen LogP contribution in [0.2, 0.25) is 0 Å². The monoisotopic (exact) mass is 229 g/mol. The minimum Gasteiger partial charge on any atom is -0.363 e. The van der Waals surface area contributed by atoms with Crippen LogP contribution >= 0.6 is 0 Å². The summed E-state index contributed by atoms with van der Waals surface area (Å²) < 4.78 is 0. The molecule has 1 aromatic carbocycles. The minimum absolute atomic E-state index is 0.178. The summed E-state index contributed by atoms with van der Waals surface area (Å²) in [6, 6.07) is 12.1. The van der Waals surface area contributed by atoms with Gasteiger partial charge < -0.3 is 5.32 Å². The molecule has 5 heteroatoms. The molecule has 0 aliphatic carbocycles. The van der Waals surface area contributed by atoms with Crippen molar-refractivity contribution in [3.8, 4) is 0 Å². The van der Waals surface area contributed by atoms with Gasteiger partial charge in [0.05, 0.1) is 0 Å². The van der Waals surface area contributed by atoms with Gasteiger partial charge in [0.1, 0.15) is 5.82 Å². The topological polar surface area (TPSA) is 75.9 Å². The highest BCUT2D eigenvalue weighted by molar-refractivity contribution is 5.41. The van der Waals surface area contributed by atoms with Crippen molar-refractivity contribution in [3.05, 3.63) is 48.2 Å². The lowest BCUT2D eigenvalue weighted by Crippen LogP contribution is -2.13. The van der Waals surface area contributed by atoms with Crippen LogP contribution in [0.4, 0.5) is 11.8 Å². The van der Waals surface area contributed by atoms with Crippen LogP contribution in [0.15, 0.2) is 42.6 Å². The summed E-state index contributed by atoms with van der Waals surface area (Å²) in [5.41, 5.74) is 3.62. The van der Waals surface area contributed by atoms with Crippen molar-refractivity contribution in [1.82, 2.24) is 9.97 Å². The predicted molar refractivity (Wildman–Crippen MR) is 68.3 cm³/mol. The Morgan fingerprint density at radius 1 is 1.18 bits per heavy atom. The quantitative estimate of drug-likeness (QED) is 0.551. The van der Waals surface area contributed by atoms with Gasteiger partial charge >= 0.3 is 0 Å². The predicted octanol–water partition coefficient (Wildman–Crippen LogP) is 1.94. The van der Waals surface area contributed by atoms with Crippen LogP contribution in [0.3, 0.4) is 0 Å². The van der Waals surface area contributed by atoms with Gasteiger partial charge in [0.2, 0.25) is 5.95 Å². The number of hydrazine groups is 1. The lowest BCUT2D eigenvalue weighted by Gasteiger charge is -2.14. The number of benzene rings is 1. The van der Waals surface area contributed by atoms with E-state index in [1.165, 1.54) is 5.56 Å². The molecule has 17 heavy (non-hydrogen) atoms. The number of nitrogens with two attached hydrogens (primary N) is 1. The second kappa shape index (κ2) is 5.27. The van der Waals surface area contributed by atoms with Crippen molar-refractivity contribution in [1.29, 1.82) is 0 Å². The maximum absolute atomic E-state index is 5.26. The van der Waals surface area contributed by atoms with Gasteiger partial charge in [-0.05, 0) is 18.6 Å². The van der Waals surface area contributed by atoms with E-state index in [2.05, 4.69) is 39.8 Å². The van der Waals surface area contributed by atoms with E-state index in [9.17, 15) is 0 Å². The van der Waals surface area contributed by atoms with Gasteiger partial charge in [0.25, 0.3) is 0 Å². The SMILES string of the molecule is CC(Nc1ccnc(NN)n1)c1ccccc1. The molecule has 2 rings (SSSR count). The van der Waals surface area contributed by atoms with Crippen molar-refractivity contribution >= 4 is 11.8 Å². The lowest BCUT2D eigenvalue weighted by atomic mass is 10.1. The molecule has 1 atom stereocenters. The summed E-state index contributed by atoms with van der Waals surface area (Å²) >= 11 is 0. The third kappa shape index (κ3) is 2.92. The molecule has 0 spiro atoms. The molecule has 88 valence electrons. The third-order valence-electron chi connectivity index (χ3n) is 2.45.